The second-order valence-electron chi connectivity index (χ2n) is 2.97. The molecule has 0 spiro atoms. The average molecular weight is 157 g/mol. The zero-order valence-electron chi connectivity index (χ0n) is 6.79. The van der Waals surface area contributed by atoms with Gasteiger partial charge in [-0.3, -0.25) is 0 Å². The second kappa shape index (κ2) is 2.93. The highest BCUT2D eigenvalue weighted by atomic mass is 16.6. The van der Waals surface area contributed by atoms with Crippen LogP contribution in [0.25, 0.3) is 0 Å². The van der Waals surface area contributed by atoms with Crippen molar-refractivity contribution in [2.75, 3.05) is 6.61 Å². The second-order valence-corrected chi connectivity index (χ2v) is 2.97. The fourth-order valence-corrected chi connectivity index (χ4v) is 1.22. The summed E-state index contributed by atoms with van der Waals surface area (Å²) in [5.41, 5.74) is 5.23. The summed E-state index contributed by atoms with van der Waals surface area (Å²) in [5, 5.41) is 9.35. The van der Waals surface area contributed by atoms with Gasteiger partial charge in [0.05, 0.1) is 5.54 Å². The molecule has 1 aliphatic carbocycles. The van der Waals surface area contributed by atoms with Crippen molar-refractivity contribution in [1.29, 1.82) is 0 Å². The number of aliphatic hydroxyl groups is 1. The lowest BCUT2D eigenvalue weighted by molar-refractivity contribution is -0.118. The van der Waals surface area contributed by atoms with Gasteiger partial charge in [-0.25, -0.2) is 0 Å². The number of rotatable bonds is 4. The third kappa shape index (κ3) is 1.45. The molecule has 1 aliphatic rings. The highest BCUT2D eigenvalue weighted by molar-refractivity contribution is 5.16. The molecule has 3 N–H and O–H groups in total. The minimum atomic E-state index is -0.838. The van der Waals surface area contributed by atoms with Gasteiger partial charge in [-0.15, -0.1) is 6.58 Å². The van der Waals surface area contributed by atoms with Crippen LogP contribution in [0.5, 0.6) is 0 Å². The van der Waals surface area contributed by atoms with Gasteiger partial charge in [-0.1, -0.05) is 6.08 Å². The Bertz CT molecular complexity index is 160. The van der Waals surface area contributed by atoms with Gasteiger partial charge < -0.3 is 15.6 Å². The molecule has 3 nitrogen and oxygen atoms in total. The predicted molar refractivity (Wildman–Crippen MR) is 42.9 cm³/mol. The normalized spacial score (nSPS) is 38.3. The van der Waals surface area contributed by atoms with Crippen molar-refractivity contribution in [3.8, 4) is 0 Å². The SMILES string of the molecule is C=CC1C[C@]1(N)C(O)OCC. The summed E-state index contributed by atoms with van der Waals surface area (Å²) in [6.45, 7) is 5.94. The fraction of sp³-hybridized carbons (Fsp3) is 0.750. The van der Waals surface area contributed by atoms with E-state index >= 15 is 0 Å². The molecule has 1 rings (SSSR count). The Labute approximate surface area is 66.8 Å². The van der Waals surface area contributed by atoms with Crippen LogP contribution in [-0.4, -0.2) is 23.5 Å². The minimum Gasteiger partial charge on any atom is -0.366 e. The monoisotopic (exact) mass is 157 g/mol. The first-order valence-electron chi connectivity index (χ1n) is 3.86. The molecule has 64 valence electrons. The highest BCUT2D eigenvalue weighted by Crippen LogP contribution is 2.44. The van der Waals surface area contributed by atoms with E-state index in [1.165, 1.54) is 0 Å². The molecule has 11 heavy (non-hydrogen) atoms. The molecule has 0 aromatic carbocycles. The molecule has 2 unspecified atom stereocenters. The summed E-state index contributed by atoms with van der Waals surface area (Å²) in [6, 6.07) is 0. The zero-order chi connectivity index (χ0) is 8.48. The van der Waals surface area contributed by atoms with Gasteiger partial charge in [0.2, 0.25) is 0 Å². The van der Waals surface area contributed by atoms with Crippen molar-refractivity contribution in [1.82, 2.24) is 0 Å². The van der Waals surface area contributed by atoms with E-state index in [1.807, 2.05) is 6.92 Å². The van der Waals surface area contributed by atoms with E-state index in [9.17, 15) is 5.11 Å². The maximum atomic E-state index is 9.35. The van der Waals surface area contributed by atoms with Crippen LogP contribution in [0.1, 0.15) is 13.3 Å². The van der Waals surface area contributed by atoms with Gasteiger partial charge in [0.15, 0.2) is 6.29 Å². The molecule has 0 aromatic heterocycles. The average Bonchev–Trinajstić information content (AvgIpc) is 2.64. The van der Waals surface area contributed by atoms with E-state index in [-0.39, 0.29) is 5.92 Å². The molecule has 0 heterocycles. The maximum Gasteiger partial charge on any atom is 0.173 e. The molecule has 0 saturated heterocycles. The molecular weight excluding hydrogens is 142 g/mol. The third-order valence-corrected chi connectivity index (χ3v) is 2.17. The Balaban J connectivity index is 2.42. The van der Waals surface area contributed by atoms with Crippen molar-refractivity contribution in [2.45, 2.75) is 25.2 Å². The summed E-state index contributed by atoms with van der Waals surface area (Å²) < 4.78 is 4.98. The topological polar surface area (TPSA) is 55.5 Å². The van der Waals surface area contributed by atoms with E-state index in [1.54, 1.807) is 6.08 Å². The Kier molecular flexibility index (Phi) is 2.32. The van der Waals surface area contributed by atoms with Gasteiger partial charge in [0.1, 0.15) is 0 Å². The van der Waals surface area contributed by atoms with Crippen LogP contribution in [0.2, 0.25) is 0 Å². The van der Waals surface area contributed by atoms with Crippen LogP contribution in [-0.2, 0) is 4.74 Å². The molecule has 0 radical (unpaired) electrons. The van der Waals surface area contributed by atoms with E-state index in [0.717, 1.165) is 6.42 Å². The van der Waals surface area contributed by atoms with Crippen LogP contribution < -0.4 is 5.73 Å². The van der Waals surface area contributed by atoms with E-state index in [0.29, 0.717) is 6.61 Å². The van der Waals surface area contributed by atoms with Crippen molar-refractivity contribution in [3.63, 3.8) is 0 Å². The van der Waals surface area contributed by atoms with E-state index in [4.69, 9.17) is 10.5 Å². The summed E-state index contributed by atoms with van der Waals surface area (Å²) in [5.74, 6) is 0.212. The van der Waals surface area contributed by atoms with Crippen molar-refractivity contribution < 1.29 is 9.84 Å². The molecular formula is C8H15NO2. The molecule has 0 aliphatic heterocycles. The highest BCUT2D eigenvalue weighted by Gasteiger charge is 2.55. The Morgan fingerprint density at radius 2 is 2.64 bits per heavy atom. The standard InChI is InChI=1S/C8H15NO2/c1-3-6-5-8(6,9)7(10)11-4-2/h3,6-7,10H,1,4-5,9H2,2H3/t6?,7?,8-/m1/s1. The Morgan fingerprint density at radius 3 is 3.00 bits per heavy atom. The summed E-state index contributed by atoms with van der Waals surface area (Å²) in [6.07, 6.45) is 1.70. The first-order chi connectivity index (χ1) is 5.15. The van der Waals surface area contributed by atoms with Crippen LogP contribution in [0.3, 0.4) is 0 Å². The van der Waals surface area contributed by atoms with Crippen molar-refractivity contribution in [2.24, 2.45) is 11.7 Å². The quantitative estimate of drug-likeness (QED) is 0.454. The molecule has 3 heteroatoms. The number of nitrogens with two attached hydrogens (primary N) is 1. The Hall–Kier alpha value is -0.380. The van der Waals surface area contributed by atoms with Crippen LogP contribution in [0, 0.1) is 5.92 Å². The van der Waals surface area contributed by atoms with Gasteiger partial charge >= 0.3 is 0 Å². The lowest BCUT2D eigenvalue weighted by atomic mass is 10.2. The molecule has 3 atom stereocenters. The van der Waals surface area contributed by atoms with Gasteiger partial charge in [0, 0.05) is 12.5 Å². The third-order valence-electron chi connectivity index (χ3n) is 2.17. The van der Waals surface area contributed by atoms with Crippen molar-refractivity contribution in [3.05, 3.63) is 12.7 Å². The van der Waals surface area contributed by atoms with Crippen molar-refractivity contribution >= 4 is 0 Å². The maximum absolute atomic E-state index is 9.35. The van der Waals surface area contributed by atoms with Gasteiger partial charge in [0.25, 0.3) is 0 Å². The number of hydrogen-bond acceptors (Lipinski definition) is 3. The first kappa shape index (κ1) is 8.71. The predicted octanol–water partition coefficient (Wildman–Crippen LogP) is 0.245. The number of ether oxygens (including phenoxy) is 1. The van der Waals surface area contributed by atoms with Crippen LogP contribution >= 0.6 is 0 Å². The number of aliphatic hydroxyl groups excluding tert-OH is 1. The fourth-order valence-electron chi connectivity index (χ4n) is 1.22. The van der Waals surface area contributed by atoms with E-state index < -0.39 is 11.8 Å². The molecule has 0 aromatic rings. The molecule has 0 bridgehead atoms. The minimum absolute atomic E-state index is 0.212. The largest absolute Gasteiger partial charge is 0.366 e. The van der Waals surface area contributed by atoms with Gasteiger partial charge in [-0.2, -0.15) is 0 Å². The molecule has 1 saturated carbocycles. The van der Waals surface area contributed by atoms with Gasteiger partial charge in [-0.05, 0) is 13.3 Å². The lowest BCUT2D eigenvalue weighted by Gasteiger charge is -2.17. The Morgan fingerprint density at radius 1 is 2.00 bits per heavy atom. The van der Waals surface area contributed by atoms with Crippen LogP contribution in [0.4, 0.5) is 0 Å². The summed E-state index contributed by atoms with van der Waals surface area (Å²) >= 11 is 0. The molecule has 1 fully saturated rings. The summed E-state index contributed by atoms with van der Waals surface area (Å²) in [4.78, 5) is 0. The lowest BCUT2D eigenvalue weighted by Crippen LogP contribution is -2.40. The molecule has 0 amide bonds. The van der Waals surface area contributed by atoms with Crippen LogP contribution in [0.15, 0.2) is 12.7 Å². The number of hydrogen-bond donors (Lipinski definition) is 2. The first-order valence-corrected chi connectivity index (χ1v) is 3.86. The summed E-state index contributed by atoms with van der Waals surface area (Å²) in [7, 11) is 0. The smallest absolute Gasteiger partial charge is 0.173 e. The zero-order valence-corrected chi connectivity index (χ0v) is 6.79. The van der Waals surface area contributed by atoms with E-state index in [2.05, 4.69) is 6.58 Å².